The molecule has 0 saturated heterocycles. The average Bonchev–Trinajstić information content (AvgIpc) is 2.25. The van der Waals surface area contributed by atoms with Gasteiger partial charge in [-0.2, -0.15) is 0 Å². The molecule has 0 aromatic heterocycles. The topological polar surface area (TPSA) is 21.3 Å². The van der Waals surface area contributed by atoms with E-state index in [0.717, 1.165) is 13.0 Å². The van der Waals surface area contributed by atoms with Gasteiger partial charge in [0.25, 0.3) is 0 Å². The molecule has 2 heteroatoms. The number of aryl methyl sites for hydroxylation is 1. The summed E-state index contributed by atoms with van der Waals surface area (Å²) in [7, 11) is 2.01. The van der Waals surface area contributed by atoms with Gasteiger partial charge in [0.1, 0.15) is 0 Å². The van der Waals surface area contributed by atoms with E-state index in [1.165, 1.54) is 11.1 Å². The zero-order valence-electron chi connectivity index (χ0n) is 10.8. The highest BCUT2D eigenvalue weighted by Crippen LogP contribution is 2.20. The molecule has 0 aliphatic carbocycles. The van der Waals surface area contributed by atoms with Crippen LogP contribution < -0.4 is 5.32 Å². The second-order valence-corrected chi connectivity index (χ2v) is 4.41. The molecule has 1 unspecified atom stereocenters. The monoisotopic (exact) mass is 221 g/mol. The molecule has 0 bridgehead atoms. The fourth-order valence-corrected chi connectivity index (χ4v) is 1.85. The fraction of sp³-hybridized carbons (Fsp3) is 0.571. The van der Waals surface area contributed by atoms with Gasteiger partial charge in [0.05, 0.1) is 6.10 Å². The molecule has 2 nitrogen and oxygen atoms in total. The maximum atomic E-state index is 5.60. The maximum absolute atomic E-state index is 5.60. The highest BCUT2D eigenvalue weighted by molar-refractivity contribution is 5.28. The van der Waals surface area contributed by atoms with Crippen molar-refractivity contribution in [1.82, 2.24) is 5.32 Å². The van der Waals surface area contributed by atoms with Gasteiger partial charge >= 0.3 is 0 Å². The molecule has 0 saturated carbocycles. The van der Waals surface area contributed by atoms with Crippen molar-refractivity contribution < 1.29 is 4.74 Å². The Morgan fingerprint density at radius 2 is 1.94 bits per heavy atom. The van der Waals surface area contributed by atoms with Crippen molar-refractivity contribution in [2.75, 3.05) is 13.7 Å². The zero-order chi connectivity index (χ0) is 12.0. The van der Waals surface area contributed by atoms with Crippen molar-refractivity contribution in [3.8, 4) is 0 Å². The van der Waals surface area contributed by atoms with Gasteiger partial charge in [0.15, 0.2) is 0 Å². The summed E-state index contributed by atoms with van der Waals surface area (Å²) < 4.78 is 5.60. The Balaban J connectivity index is 2.57. The van der Waals surface area contributed by atoms with E-state index in [1.807, 2.05) is 7.05 Å². The summed E-state index contributed by atoms with van der Waals surface area (Å²) in [6.45, 7) is 7.10. The molecule has 0 aliphatic rings. The highest BCUT2D eigenvalue weighted by atomic mass is 16.5. The van der Waals surface area contributed by atoms with E-state index in [1.54, 1.807) is 0 Å². The molecular formula is C14H23NO. The third kappa shape index (κ3) is 3.95. The van der Waals surface area contributed by atoms with Crippen molar-refractivity contribution >= 4 is 0 Å². The summed E-state index contributed by atoms with van der Waals surface area (Å²) in [5.74, 6) is 0. The molecule has 0 amide bonds. The summed E-state index contributed by atoms with van der Waals surface area (Å²) in [5.41, 5.74) is 2.71. The number of benzene rings is 1. The van der Waals surface area contributed by atoms with Crippen molar-refractivity contribution in [2.45, 2.75) is 39.3 Å². The number of rotatable bonds is 6. The smallest absolute Gasteiger partial charge is 0.0518 e. The molecule has 16 heavy (non-hydrogen) atoms. The van der Waals surface area contributed by atoms with E-state index in [-0.39, 0.29) is 0 Å². The lowest BCUT2D eigenvalue weighted by atomic mass is 9.99. The number of nitrogens with one attached hydrogen (secondary N) is 1. The predicted molar refractivity (Wildman–Crippen MR) is 68.7 cm³/mol. The van der Waals surface area contributed by atoms with E-state index in [2.05, 4.69) is 50.4 Å². The molecule has 1 atom stereocenters. The van der Waals surface area contributed by atoms with Crippen LogP contribution in [0.5, 0.6) is 0 Å². The minimum atomic E-state index is 0.314. The Kier molecular flexibility index (Phi) is 5.50. The summed E-state index contributed by atoms with van der Waals surface area (Å²) >= 11 is 0. The second-order valence-electron chi connectivity index (χ2n) is 4.41. The van der Waals surface area contributed by atoms with Crippen molar-refractivity contribution in [2.24, 2.45) is 0 Å². The fourth-order valence-electron chi connectivity index (χ4n) is 1.85. The van der Waals surface area contributed by atoms with Gasteiger partial charge in [-0.15, -0.1) is 0 Å². The Morgan fingerprint density at radius 1 is 1.25 bits per heavy atom. The van der Waals surface area contributed by atoms with Gasteiger partial charge in [-0.3, -0.25) is 0 Å². The van der Waals surface area contributed by atoms with Gasteiger partial charge in [-0.1, -0.05) is 24.3 Å². The molecular weight excluding hydrogens is 198 g/mol. The first-order valence-corrected chi connectivity index (χ1v) is 5.99. The normalized spacial score (nSPS) is 13.1. The summed E-state index contributed by atoms with van der Waals surface area (Å²) in [6.07, 6.45) is 1.33. The van der Waals surface area contributed by atoms with E-state index >= 15 is 0 Å². The van der Waals surface area contributed by atoms with Crippen LogP contribution in [0.4, 0.5) is 0 Å². The average molecular weight is 221 g/mol. The SMILES string of the molecule is CNC(CCOC(C)C)c1ccccc1C. The summed E-state index contributed by atoms with van der Waals surface area (Å²) in [6, 6.07) is 8.90. The minimum Gasteiger partial charge on any atom is -0.379 e. The van der Waals surface area contributed by atoms with Gasteiger partial charge < -0.3 is 10.1 Å². The van der Waals surface area contributed by atoms with Crippen LogP contribution in [0.15, 0.2) is 24.3 Å². The van der Waals surface area contributed by atoms with Crippen LogP contribution in [0.25, 0.3) is 0 Å². The van der Waals surface area contributed by atoms with Crippen LogP contribution in [0.3, 0.4) is 0 Å². The van der Waals surface area contributed by atoms with Gasteiger partial charge in [-0.05, 0) is 45.4 Å². The predicted octanol–water partition coefficient (Wildman–Crippen LogP) is 3.07. The molecule has 0 fully saturated rings. The number of hydrogen-bond acceptors (Lipinski definition) is 2. The first kappa shape index (κ1) is 13.2. The van der Waals surface area contributed by atoms with Crippen LogP contribution in [0.2, 0.25) is 0 Å². The molecule has 0 heterocycles. The Labute approximate surface area is 99.0 Å². The zero-order valence-corrected chi connectivity index (χ0v) is 10.8. The largest absolute Gasteiger partial charge is 0.379 e. The first-order chi connectivity index (χ1) is 7.65. The summed E-state index contributed by atoms with van der Waals surface area (Å²) in [5, 5.41) is 3.35. The number of ether oxygens (including phenoxy) is 1. The van der Waals surface area contributed by atoms with E-state index in [4.69, 9.17) is 4.74 Å². The lowest BCUT2D eigenvalue weighted by Crippen LogP contribution is -2.20. The molecule has 1 rings (SSSR count). The maximum Gasteiger partial charge on any atom is 0.0518 e. The molecule has 1 N–H and O–H groups in total. The molecule has 1 aromatic carbocycles. The summed E-state index contributed by atoms with van der Waals surface area (Å²) in [4.78, 5) is 0. The molecule has 0 radical (unpaired) electrons. The Bertz CT molecular complexity index is 309. The highest BCUT2D eigenvalue weighted by Gasteiger charge is 2.11. The van der Waals surface area contributed by atoms with E-state index in [9.17, 15) is 0 Å². The van der Waals surface area contributed by atoms with Crippen LogP contribution in [-0.4, -0.2) is 19.8 Å². The Morgan fingerprint density at radius 3 is 2.50 bits per heavy atom. The molecule has 1 aromatic rings. The van der Waals surface area contributed by atoms with E-state index in [0.29, 0.717) is 12.1 Å². The van der Waals surface area contributed by atoms with E-state index < -0.39 is 0 Å². The van der Waals surface area contributed by atoms with Crippen LogP contribution in [-0.2, 0) is 4.74 Å². The van der Waals surface area contributed by atoms with Crippen molar-refractivity contribution in [3.63, 3.8) is 0 Å². The quantitative estimate of drug-likeness (QED) is 0.797. The minimum absolute atomic E-state index is 0.314. The first-order valence-electron chi connectivity index (χ1n) is 5.99. The van der Waals surface area contributed by atoms with Crippen molar-refractivity contribution in [3.05, 3.63) is 35.4 Å². The van der Waals surface area contributed by atoms with Gasteiger partial charge in [-0.25, -0.2) is 0 Å². The van der Waals surface area contributed by atoms with Gasteiger partial charge in [0.2, 0.25) is 0 Å². The van der Waals surface area contributed by atoms with Gasteiger partial charge in [0, 0.05) is 12.6 Å². The molecule has 0 aliphatic heterocycles. The molecule has 0 spiro atoms. The third-order valence-corrected chi connectivity index (χ3v) is 2.77. The molecule has 90 valence electrons. The van der Waals surface area contributed by atoms with Crippen LogP contribution >= 0.6 is 0 Å². The van der Waals surface area contributed by atoms with Crippen molar-refractivity contribution in [1.29, 1.82) is 0 Å². The number of hydrogen-bond donors (Lipinski definition) is 1. The van der Waals surface area contributed by atoms with Crippen LogP contribution in [0, 0.1) is 6.92 Å². The standard InChI is InChI=1S/C14H23NO/c1-11(2)16-10-9-14(15-4)13-8-6-5-7-12(13)3/h5-8,11,14-15H,9-10H2,1-4H3. The lowest BCUT2D eigenvalue weighted by Gasteiger charge is -2.19. The third-order valence-electron chi connectivity index (χ3n) is 2.77. The van der Waals surface area contributed by atoms with Crippen LogP contribution in [0.1, 0.15) is 37.4 Å². The lowest BCUT2D eigenvalue weighted by molar-refractivity contribution is 0.0719. The Hall–Kier alpha value is -0.860. The second kappa shape index (κ2) is 6.66.